The zero-order chi connectivity index (χ0) is 15.5. The molecule has 0 amide bonds. The van der Waals surface area contributed by atoms with Gasteiger partial charge in [0, 0.05) is 11.5 Å². The van der Waals surface area contributed by atoms with Gasteiger partial charge < -0.3 is 0 Å². The first-order valence-corrected chi connectivity index (χ1v) is 7.30. The number of hydrogen-bond acceptors (Lipinski definition) is 2. The fourth-order valence-electron chi connectivity index (χ4n) is 2.78. The molecule has 0 unspecified atom stereocenters. The fourth-order valence-corrected chi connectivity index (χ4v) is 2.78. The fraction of sp³-hybridized carbons (Fsp3) is 0.316. The van der Waals surface area contributed by atoms with Crippen molar-refractivity contribution in [3.63, 3.8) is 0 Å². The first kappa shape index (κ1) is 15.5. The monoisotopic (exact) mass is 281 g/mol. The topological polar surface area (TPSA) is 20.3 Å². The maximum absolute atomic E-state index is 12.8. The molecule has 2 atom stereocenters. The standard InChI is InChI=1S/C19H23NO/c1-15(18(21)16-11-7-5-8-12-16)19(2,20(3)4)17-13-9-6-10-14-17/h5-15H,1-4H3/t15-,19-/m1/s1. The Morgan fingerprint density at radius 1 is 0.952 bits per heavy atom. The lowest BCUT2D eigenvalue weighted by atomic mass is 9.76. The molecule has 2 heteroatoms. The molecule has 0 spiro atoms. The van der Waals surface area contributed by atoms with Crippen molar-refractivity contribution < 1.29 is 4.79 Å². The van der Waals surface area contributed by atoms with Crippen molar-refractivity contribution >= 4 is 5.78 Å². The van der Waals surface area contributed by atoms with Crippen LogP contribution in [0.1, 0.15) is 29.8 Å². The Morgan fingerprint density at radius 2 is 1.43 bits per heavy atom. The van der Waals surface area contributed by atoms with Crippen LogP contribution in [0.2, 0.25) is 0 Å². The highest BCUT2D eigenvalue weighted by Crippen LogP contribution is 2.35. The summed E-state index contributed by atoms with van der Waals surface area (Å²) in [6.45, 7) is 4.15. The van der Waals surface area contributed by atoms with E-state index in [9.17, 15) is 4.79 Å². The first-order valence-electron chi connectivity index (χ1n) is 7.30. The number of benzene rings is 2. The lowest BCUT2D eigenvalue weighted by Crippen LogP contribution is -2.47. The van der Waals surface area contributed by atoms with Crippen molar-refractivity contribution in [2.45, 2.75) is 19.4 Å². The lowest BCUT2D eigenvalue weighted by molar-refractivity contribution is 0.0655. The van der Waals surface area contributed by atoms with Crippen molar-refractivity contribution in [1.82, 2.24) is 4.90 Å². The lowest BCUT2D eigenvalue weighted by Gasteiger charge is -2.41. The average Bonchev–Trinajstić information content (AvgIpc) is 2.54. The van der Waals surface area contributed by atoms with Gasteiger partial charge in [0.05, 0.1) is 5.54 Å². The van der Waals surface area contributed by atoms with E-state index in [1.807, 2.05) is 69.6 Å². The number of carbonyl (C=O) groups excluding carboxylic acids is 1. The predicted octanol–water partition coefficient (Wildman–Crippen LogP) is 3.98. The Labute approximate surface area is 127 Å². The molecule has 0 radical (unpaired) electrons. The molecular weight excluding hydrogens is 258 g/mol. The highest BCUT2D eigenvalue weighted by molar-refractivity contribution is 5.98. The maximum Gasteiger partial charge on any atom is 0.167 e. The zero-order valence-corrected chi connectivity index (χ0v) is 13.2. The number of ketones is 1. The minimum Gasteiger partial charge on any atom is -0.299 e. The predicted molar refractivity (Wildman–Crippen MR) is 87.4 cm³/mol. The van der Waals surface area contributed by atoms with E-state index in [-0.39, 0.29) is 17.2 Å². The van der Waals surface area contributed by atoms with Crippen LogP contribution in [-0.2, 0) is 5.54 Å². The van der Waals surface area contributed by atoms with E-state index in [0.717, 1.165) is 11.1 Å². The molecule has 2 aromatic carbocycles. The van der Waals surface area contributed by atoms with Gasteiger partial charge in [-0.25, -0.2) is 0 Å². The highest BCUT2D eigenvalue weighted by atomic mass is 16.1. The molecule has 0 aromatic heterocycles. The SMILES string of the molecule is C[C@H](C(=O)c1ccccc1)[C@](C)(c1ccccc1)N(C)C. The van der Waals surface area contributed by atoms with Gasteiger partial charge >= 0.3 is 0 Å². The van der Waals surface area contributed by atoms with Gasteiger partial charge in [-0.2, -0.15) is 0 Å². The number of rotatable bonds is 5. The summed E-state index contributed by atoms with van der Waals surface area (Å²) in [6.07, 6.45) is 0. The summed E-state index contributed by atoms with van der Waals surface area (Å²) < 4.78 is 0. The van der Waals surface area contributed by atoms with Crippen molar-refractivity contribution in [3.8, 4) is 0 Å². The van der Waals surface area contributed by atoms with Crippen LogP contribution in [0.4, 0.5) is 0 Å². The molecule has 2 aromatic rings. The molecule has 2 rings (SSSR count). The Hall–Kier alpha value is -1.93. The van der Waals surface area contributed by atoms with Gasteiger partial charge in [-0.1, -0.05) is 67.6 Å². The summed E-state index contributed by atoms with van der Waals surface area (Å²) >= 11 is 0. The van der Waals surface area contributed by atoms with Crippen LogP contribution in [-0.4, -0.2) is 24.8 Å². The third kappa shape index (κ3) is 2.91. The van der Waals surface area contributed by atoms with Gasteiger partial charge in [0.15, 0.2) is 5.78 Å². The second-order valence-corrected chi connectivity index (χ2v) is 5.86. The van der Waals surface area contributed by atoms with Crippen LogP contribution in [0, 0.1) is 5.92 Å². The molecule has 110 valence electrons. The van der Waals surface area contributed by atoms with E-state index >= 15 is 0 Å². The molecule has 0 heterocycles. The van der Waals surface area contributed by atoms with Gasteiger partial charge in [0.25, 0.3) is 0 Å². The van der Waals surface area contributed by atoms with Crippen LogP contribution in [0.5, 0.6) is 0 Å². The second kappa shape index (κ2) is 6.23. The Morgan fingerprint density at radius 3 is 1.90 bits per heavy atom. The van der Waals surface area contributed by atoms with Crippen LogP contribution < -0.4 is 0 Å². The quantitative estimate of drug-likeness (QED) is 0.773. The Kier molecular flexibility index (Phi) is 4.59. The molecule has 0 fully saturated rings. The molecule has 0 saturated heterocycles. The summed E-state index contributed by atoms with van der Waals surface area (Å²) in [7, 11) is 4.06. The number of hydrogen-bond donors (Lipinski definition) is 0. The third-order valence-electron chi connectivity index (χ3n) is 4.58. The van der Waals surface area contributed by atoms with Gasteiger partial charge in [0.2, 0.25) is 0 Å². The molecule has 0 aliphatic carbocycles. The number of Topliss-reactive ketones (excluding diaryl/α,β-unsaturated/α-hetero) is 1. The largest absolute Gasteiger partial charge is 0.299 e. The maximum atomic E-state index is 12.8. The van der Waals surface area contributed by atoms with Gasteiger partial charge in [-0.05, 0) is 26.6 Å². The molecule has 0 bridgehead atoms. The van der Waals surface area contributed by atoms with E-state index in [4.69, 9.17) is 0 Å². The molecule has 0 aliphatic heterocycles. The van der Waals surface area contributed by atoms with E-state index in [1.54, 1.807) is 0 Å². The third-order valence-corrected chi connectivity index (χ3v) is 4.58. The van der Waals surface area contributed by atoms with Gasteiger partial charge in [0.1, 0.15) is 0 Å². The first-order chi connectivity index (χ1) is 9.98. The molecule has 21 heavy (non-hydrogen) atoms. The van der Waals surface area contributed by atoms with Crippen molar-refractivity contribution in [1.29, 1.82) is 0 Å². The van der Waals surface area contributed by atoms with Gasteiger partial charge in [-0.15, -0.1) is 0 Å². The summed E-state index contributed by atoms with van der Waals surface area (Å²) in [5, 5.41) is 0. The smallest absolute Gasteiger partial charge is 0.167 e. The Balaban J connectivity index is 2.41. The minimum atomic E-state index is -0.339. The van der Waals surface area contributed by atoms with E-state index in [0.29, 0.717) is 0 Å². The number of carbonyl (C=O) groups is 1. The second-order valence-electron chi connectivity index (χ2n) is 5.86. The van der Waals surface area contributed by atoms with Crippen molar-refractivity contribution in [2.75, 3.05) is 14.1 Å². The Bertz CT molecular complexity index is 591. The zero-order valence-electron chi connectivity index (χ0n) is 13.2. The highest BCUT2D eigenvalue weighted by Gasteiger charge is 2.39. The molecule has 0 aliphatic rings. The summed E-state index contributed by atoms with van der Waals surface area (Å²) in [4.78, 5) is 15.0. The van der Waals surface area contributed by atoms with Crippen molar-refractivity contribution in [3.05, 3.63) is 71.8 Å². The average molecular weight is 281 g/mol. The van der Waals surface area contributed by atoms with Crippen LogP contribution in [0.15, 0.2) is 60.7 Å². The van der Waals surface area contributed by atoms with Gasteiger partial charge in [-0.3, -0.25) is 9.69 Å². The summed E-state index contributed by atoms with van der Waals surface area (Å²) in [5.41, 5.74) is 1.59. The number of nitrogens with zero attached hydrogens (tertiary/aromatic N) is 1. The van der Waals surface area contributed by atoms with Crippen LogP contribution >= 0.6 is 0 Å². The van der Waals surface area contributed by atoms with Crippen molar-refractivity contribution in [2.24, 2.45) is 5.92 Å². The molecular formula is C19H23NO. The minimum absolute atomic E-state index is 0.141. The molecule has 2 nitrogen and oxygen atoms in total. The van der Waals surface area contributed by atoms with E-state index < -0.39 is 0 Å². The van der Waals surface area contributed by atoms with Crippen LogP contribution in [0.25, 0.3) is 0 Å². The van der Waals surface area contributed by atoms with E-state index in [1.165, 1.54) is 0 Å². The molecule has 0 N–H and O–H groups in total. The molecule has 0 saturated carbocycles. The summed E-state index contributed by atoms with van der Waals surface area (Å²) in [6, 6.07) is 19.8. The summed E-state index contributed by atoms with van der Waals surface area (Å²) in [5.74, 6) is 0.0351. The normalized spacial score (nSPS) is 15.5. The van der Waals surface area contributed by atoms with Crippen LogP contribution in [0.3, 0.4) is 0 Å². The van der Waals surface area contributed by atoms with E-state index in [2.05, 4.69) is 24.0 Å².